The average Bonchev–Trinajstić information content (AvgIpc) is 3.30. The maximum absolute atomic E-state index is 13.3. The highest BCUT2D eigenvalue weighted by atomic mass is 16.2. The predicted molar refractivity (Wildman–Crippen MR) is 99.4 cm³/mol. The number of carbonyl (C=O) groups is 2. The summed E-state index contributed by atoms with van der Waals surface area (Å²) >= 11 is 0. The van der Waals surface area contributed by atoms with Gasteiger partial charge in [0.1, 0.15) is 5.82 Å². The molecule has 2 aromatic heterocycles. The summed E-state index contributed by atoms with van der Waals surface area (Å²) in [6, 6.07) is 7.82. The lowest BCUT2D eigenvalue weighted by atomic mass is 10.1. The van der Waals surface area contributed by atoms with Crippen LogP contribution in [-0.4, -0.2) is 38.1 Å². The molecule has 1 fully saturated rings. The van der Waals surface area contributed by atoms with E-state index in [2.05, 4.69) is 15.0 Å². The van der Waals surface area contributed by atoms with Crippen LogP contribution < -0.4 is 0 Å². The Balaban J connectivity index is 1.70. The van der Waals surface area contributed by atoms with Gasteiger partial charge in [0, 0.05) is 19.2 Å². The first kappa shape index (κ1) is 16.6. The molecule has 4 rings (SSSR count). The van der Waals surface area contributed by atoms with Crippen molar-refractivity contribution in [2.75, 3.05) is 6.54 Å². The largest absolute Gasteiger partial charge is 0.355 e. The molecule has 134 valence electrons. The van der Waals surface area contributed by atoms with Gasteiger partial charge in [0.25, 0.3) is 5.91 Å². The molecular weight excluding hydrogens is 328 g/mol. The second-order valence-corrected chi connectivity index (χ2v) is 6.98. The molecule has 1 aromatic carbocycles. The fourth-order valence-corrected chi connectivity index (χ4v) is 3.99. The van der Waals surface area contributed by atoms with Crippen molar-refractivity contribution in [1.82, 2.24) is 19.9 Å². The van der Waals surface area contributed by atoms with Crippen LogP contribution in [0.5, 0.6) is 0 Å². The molecule has 0 aliphatic carbocycles. The fraction of sp³-hybridized carbons (Fsp3) is 0.350. The van der Waals surface area contributed by atoms with Crippen LogP contribution in [0.15, 0.2) is 24.3 Å². The summed E-state index contributed by atoms with van der Waals surface area (Å²) in [7, 11) is 0. The van der Waals surface area contributed by atoms with E-state index >= 15 is 0 Å². The molecule has 0 radical (unpaired) electrons. The number of likely N-dealkylation sites (tertiary alicyclic amines) is 1. The number of hydrogen-bond donors (Lipinski definition) is 2. The third-order valence-electron chi connectivity index (χ3n) is 5.24. The minimum absolute atomic E-state index is 0.0355. The summed E-state index contributed by atoms with van der Waals surface area (Å²) in [5.74, 6) is 0.737. The van der Waals surface area contributed by atoms with Gasteiger partial charge in [0.15, 0.2) is 5.78 Å². The maximum Gasteiger partial charge on any atom is 0.256 e. The Bertz CT molecular complexity index is 981. The Kier molecular flexibility index (Phi) is 3.90. The van der Waals surface area contributed by atoms with Crippen LogP contribution in [-0.2, 0) is 0 Å². The number of H-pyrrole nitrogens is 2. The molecule has 6 heteroatoms. The number of hydrogen-bond acceptors (Lipinski definition) is 3. The number of para-hydroxylation sites is 2. The van der Waals surface area contributed by atoms with Crippen LogP contribution >= 0.6 is 0 Å². The van der Waals surface area contributed by atoms with Gasteiger partial charge in [0.05, 0.1) is 28.3 Å². The van der Waals surface area contributed by atoms with Crippen LogP contribution in [0.3, 0.4) is 0 Å². The fourth-order valence-electron chi connectivity index (χ4n) is 3.99. The Morgan fingerprint density at radius 3 is 2.65 bits per heavy atom. The van der Waals surface area contributed by atoms with E-state index in [0.29, 0.717) is 17.8 Å². The molecule has 0 saturated carbocycles. The van der Waals surface area contributed by atoms with Crippen LogP contribution in [0.1, 0.15) is 63.7 Å². The minimum atomic E-state index is -0.0654. The third-order valence-corrected chi connectivity index (χ3v) is 5.24. The smallest absolute Gasteiger partial charge is 0.256 e. The van der Waals surface area contributed by atoms with Gasteiger partial charge in [-0.2, -0.15) is 0 Å². The number of imidazole rings is 1. The minimum Gasteiger partial charge on any atom is -0.355 e. The van der Waals surface area contributed by atoms with E-state index < -0.39 is 0 Å². The van der Waals surface area contributed by atoms with E-state index in [-0.39, 0.29) is 17.7 Å². The van der Waals surface area contributed by atoms with Gasteiger partial charge in [-0.1, -0.05) is 12.1 Å². The number of rotatable bonds is 3. The van der Waals surface area contributed by atoms with Gasteiger partial charge in [-0.15, -0.1) is 0 Å². The lowest BCUT2D eigenvalue weighted by Gasteiger charge is -2.23. The summed E-state index contributed by atoms with van der Waals surface area (Å²) in [4.78, 5) is 38.1. The van der Waals surface area contributed by atoms with Gasteiger partial charge in [-0.3, -0.25) is 9.59 Å². The maximum atomic E-state index is 13.3. The highest BCUT2D eigenvalue weighted by Gasteiger charge is 2.35. The zero-order valence-corrected chi connectivity index (χ0v) is 15.2. The Labute approximate surface area is 151 Å². The molecule has 26 heavy (non-hydrogen) atoms. The predicted octanol–water partition coefficient (Wildman–Crippen LogP) is 3.69. The van der Waals surface area contributed by atoms with Crippen molar-refractivity contribution in [1.29, 1.82) is 0 Å². The number of Topliss-reactive ketones (excluding diaryl/α,β-unsaturated/α-hetero) is 1. The van der Waals surface area contributed by atoms with E-state index in [1.165, 1.54) is 6.92 Å². The second kappa shape index (κ2) is 6.12. The molecule has 1 amide bonds. The van der Waals surface area contributed by atoms with Gasteiger partial charge in [-0.25, -0.2) is 4.98 Å². The number of carbonyl (C=O) groups excluding carboxylic acids is 2. The van der Waals surface area contributed by atoms with Crippen LogP contribution in [0.2, 0.25) is 0 Å². The molecule has 1 atom stereocenters. The normalized spacial score (nSPS) is 17.2. The number of benzene rings is 1. The van der Waals surface area contributed by atoms with Crippen molar-refractivity contribution in [3.8, 4) is 0 Å². The quantitative estimate of drug-likeness (QED) is 0.707. The second-order valence-electron chi connectivity index (χ2n) is 6.98. The molecule has 1 aliphatic heterocycles. The molecule has 1 aliphatic rings. The molecular formula is C20H22N4O2. The van der Waals surface area contributed by atoms with E-state index in [9.17, 15) is 9.59 Å². The number of nitrogens with zero attached hydrogens (tertiary/aromatic N) is 2. The number of amides is 1. The van der Waals surface area contributed by atoms with Gasteiger partial charge < -0.3 is 14.9 Å². The summed E-state index contributed by atoms with van der Waals surface area (Å²) in [5.41, 5.74) is 4.50. The molecule has 1 saturated heterocycles. The number of ketones is 1. The van der Waals surface area contributed by atoms with E-state index in [4.69, 9.17) is 0 Å². The molecule has 3 aromatic rings. The number of aromatic amines is 2. The molecule has 3 heterocycles. The van der Waals surface area contributed by atoms with Gasteiger partial charge in [0.2, 0.25) is 0 Å². The van der Waals surface area contributed by atoms with Crippen molar-refractivity contribution >= 4 is 22.7 Å². The zero-order valence-electron chi connectivity index (χ0n) is 15.2. The summed E-state index contributed by atoms with van der Waals surface area (Å²) in [5, 5.41) is 0. The number of nitrogens with one attached hydrogen (secondary N) is 2. The lowest BCUT2D eigenvalue weighted by Crippen LogP contribution is -2.31. The molecule has 6 nitrogen and oxygen atoms in total. The summed E-state index contributed by atoms with van der Waals surface area (Å²) < 4.78 is 0. The number of fused-ring (bicyclic) bond motifs is 1. The summed E-state index contributed by atoms with van der Waals surface area (Å²) in [6.07, 6.45) is 1.82. The third kappa shape index (κ3) is 2.53. The highest BCUT2D eigenvalue weighted by Crippen LogP contribution is 2.34. The van der Waals surface area contributed by atoms with Gasteiger partial charge in [-0.05, 0) is 44.4 Å². The SMILES string of the molecule is CC(=O)c1[nH]c(C)c(C(=O)N2CCC[C@@H]2c2nc3ccccc3[nH]2)c1C. The number of aryl methyl sites for hydroxylation is 1. The number of aromatic nitrogens is 3. The van der Waals surface area contributed by atoms with Crippen LogP contribution in [0.4, 0.5) is 0 Å². The first-order chi connectivity index (χ1) is 12.5. The topological polar surface area (TPSA) is 81.8 Å². The van der Waals surface area contributed by atoms with Crippen molar-refractivity contribution in [2.45, 2.75) is 39.7 Å². The van der Waals surface area contributed by atoms with E-state index in [1.54, 1.807) is 0 Å². The molecule has 2 N–H and O–H groups in total. The highest BCUT2D eigenvalue weighted by molar-refractivity contribution is 6.02. The standard InChI is InChI=1S/C20H22N4O2/c1-11-17(12(2)21-18(11)13(3)25)20(26)24-10-6-9-16(24)19-22-14-7-4-5-8-15(14)23-19/h4-5,7-8,16,21H,6,9-10H2,1-3H3,(H,22,23)/t16-/m1/s1. The van der Waals surface area contributed by atoms with Gasteiger partial charge >= 0.3 is 0 Å². The van der Waals surface area contributed by atoms with E-state index in [0.717, 1.165) is 41.0 Å². The van der Waals surface area contributed by atoms with Crippen LogP contribution in [0.25, 0.3) is 11.0 Å². The van der Waals surface area contributed by atoms with Crippen molar-refractivity contribution in [3.05, 3.63) is 52.6 Å². The zero-order chi connectivity index (χ0) is 18.4. The summed E-state index contributed by atoms with van der Waals surface area (Å²) in [6.45, 7) is 5.89. The van der Waals surface area contributed by atoms with Crippen molar-refractivity contribution in [3.63, 3.8) is 0 Å². The van der Waals surface area contributed by atoms with E-state index in [1.807, 2.05) is 43.0 Å². The Hall–Kier alpha value is -2.89. The van der Waals surface area contributed by atoms with Crippen LogP contribution in [0, 0.1) is 13.8 Å². The molecule has 0 spiro atoms. The average molecular weight is 350 g/mol. The Morgan fingerprint density at radius 2 is 1.96 bits per heavy atom. The first-order valence-electron chi connectivity index (χ1n) is 8.93. The Morgan fingerprint density at radius 1 is 1.19 bits per heavy atom. The molecule has 0 unspecified atom stereocenters. The monoisotopic (exact) mass is 350 g/mol. The lowest BCUT2D eigenvalue weighted by molar-refractivity contribution is 0.0729. The van der Waals surface area contributed by atoms with Crippen molar-refractivity contribution in [2.24, 2.45) is 0 Å². The first-order valence-corrected chi connectivity index (χ1v) is 8.93. The van der Waals surface area contributed by atoms with Crippen molar-refractivity contribution < 1.29 is 9.59 Å². The molecule has 0 bridgehead atoms.